The summed E-state index contributed by atoms with van der Waals surface area (Å²) in [6, 6.07) is 1.51. The number of terminal acetylenes is 1. The van der Waals surface area contributed by atoms with Crippen LogP contribution in [0.25, 0.3) is 0 Å². The number of nitrogens with zero attached hydrogens (tertiary/aromatic N) is 1. The van der Waals surface area contributed by atoms with Crippen molar-refractivity contribution in [3.63, 3.8) is 0 Å². The Bertz CT molecular complexity index is 507. The van der Waals surface area contributed by atoms with E-state index in [1.54, 1.807) is 0 Å². The number of halogens is 3. The second-order valence-electron chi connectivity index (χ2n) is 3.63. The molecule has 1 heterocycles. The molecule has 7 heteroatoms. The molecule has 0 saturated carbocycles. The van der Waals surface area contributed by atoms with E-state index in [0.29, 0.717) is 18.9 Å². The lowest BCUT2D eigenvalue weighted by Gasteiger charge is -2.11. The fraction of sp³-hybridized carbons (Fsp3) is 0.333. The van der Waals surface area contributed by atoms with Gasteiger partial charge in [-0.05, 0) is 18.6 Å². The molecule has 0 atom stereocenters. The molecule has 19 heavy (non-hydrogen) atoms. The first-order valence-electron chi connectivity index (χ1n) is 5.35. The van der Waals surface area contributed by atoms with Crippen LogP contribution < -0.4 is 5.32 Å². The summed E-state index contributed by atoms with van der Waals surface area (Å²) in [4.78, 5) is 14.2. The third kappa shape index (κ3) is 4.17. The number of rotatable bonds is 5. The first-order chi connectivity index (χ1) is 8.86. The molecule has 0 radical (unpaired) electrons. The first kappa shape index (κ1) is 14.8. The summed E-state index contributed by atoms with van der Waals surface area (Å²) in [6.07, 6.45) is 1.36. The van der Waals surface area contributed by atoms with Crippen molar-refractivity contribution in [2.45, 2.75) is 19.0 Å². The highest BCUT2D eigenvalue weighted by Gasteiger charge is 2.33. The lowest BCUT2D eigenvalue weighted by molar-refractivity contribution is -0.141. The van der Waals surface area contributed by atoms with Gasteiger partial charge in [-0.1, -0.05) is 0 Å². The van der Waals surface area contributed by atoms with Crippen molar-refractivity contribution in [3.8, 4) is 12.3 Å². The normalized spacial score (nSPS) is 10.8. The van der Waals surface area contributed by atoms with Gasteiger partial charge in [0.2, 0.25) is 0 Å². The van der Waals surface area contributed by atoms with E-state index in [1.807, 2.05) is 0 Å². The molecule has 0 spiro atoms. The van der Waals surface area contributed by atoms with E-state index in [0.717, 1.165) is 6.07 Å². The second-order valence-corrected chi connectivity index (χ2v) is 3.63. The Labute approximate surface area is 107 Å². The largest absolute Gasteiger partial charge is 0.478 e. The molecule has 0 aliphatic rings. The number of anilines is 1. The standard InChI is InChI=1S/C12H11F3N2O2/c1-2-3-4-7-16-10-8(11(18)19)5-6-9(17-10)12(13,14)15/h1,5-6H,3-4,7H2,(H,16,17)(H,18,19). The fourth-order valence-corrected chi connectivity index (χ4v) is 1.32. The average Bonchev–Trinajstić information content (AvgIpc) is 2.33. The summed E-state index contributed by atoms with van der Waals surface area (Å²) < 4.78 is 37.4. The lowest BCUT2D eigenvalue weighted by Crippen LogP contribution is -2.14. The monoisotopic (exact) mass is 272 g/mol. The SMILES string of the molecule is C#CCCCNc1nc(C(F)(F)F)ccc1C(=O)O. The van der Waals surface area contributed by atoms with Crippen molar-refractivity contribution in [1.29, 1.82) is 0 Å². The van der Waals surface area contributed by atoms with Crippen LogP contribution in [0, 0.1) is 12.3 Å². The van der Waals surface area contributed by atoms with Gasteiger partial charge in [0.05, 0.1) is 0 Å². The third-order valence-corrected chi connectivity index (χ3v) is 2.21. The van der Waals surface area contributed by atoms with E-state index in [2.05, 4.69) is 16.2 Å². The predicted octanol–water partition coefficient (Wildman–Crippen LogP) is 2.62. The first-order valence-corrected chi connectivity index (χ1v) is 5.35. The zero-order chi connectivity index (χ0) is 14.5. The molecule has 1 aromatic heterocycles. The maximum Gasteiger partial charge on any atom is 0.433 e. The van der Waals surface area contributed by atoms with Crippen LogP contribution in [0.2, 0.25) is 0 Å². The zero-order valence-electron chi connectivity index (χ0n) is 9.79. The van der Waals surface area contributed by atoms with Crippen molar-refractivity contribution in [1.82, 2.24) is 4.98 Å². The van der Waals surface area contributed by atoms with E-state index in [-0.39, 0.29) is 17.9 Å². The van der Waals surface area contributed by atoms with Crippen LogP contribution in [-0.4, -0.2) is 22.6 Å². The number of carboxylic acid groups (broad SMARTS) is 1. The molecule has 4 nitrogen and oxygen atoms in total. The Morgan fingerprint density at radius 2 is 2.16 bits per heavy atom. The number of carbonyl (C=O) groups is 1. The van der Waals surface area contributed by atoms with Crippen LogP contribution in [0.1, 0.15) is 28.9 Å². The maximum absolute atomic E-state index is 12.5. The van der Waals surface area contributed by atoms with Crippen molar-refractivity contribution in [2.24, 2.45) is 0 Å². The van der Waals surface area contributed by atoms with Crippen LogP contribution in [0.15, 0.2) is 12.1 Å². The second kappa shape index (κ2) is 6.09. The molecule has 0 fully saturated rings. The van der Waals surface area contributed by atoms with Gasteiger partial charge in [0, 0.05) is 13.0 Å². The number of pyridine rings is 1. The van der Waals surface area contributed by atoms with Crippen LogP contribution in [0.3, 0.4) is 0 Å². The highest BCUT2D eigenvalue weighted by Crippen LogP contribution is 2.29. The van der Waals surface area contributed by atoms with Gasteiger partial charge in [-0.3, -0.25) is 0 Å². The summed E-state index contributed by atoms with van der Waals surface area (Å²) in [7, 11) is 0. The van der Waals surface area contributed by atoms with E-state index >= 15 is 0 Å². The van der Waals surface area contributed by atoms with E-state index < -0.39 is 17.8 Å². The summed E-state index contributed by atoms with van der Waals surface area (Å²) in [5, 5.41) is 11.4. The molecule has 1 aromatic rings. The Balaban J connectivity index is 2.96. The Morgan fingerprint density at radius 3 is 2.68 bits per heavy atom. The van der Waals surface area contributed by atoms with Crippen molar-refractivity contribution < 1.29 is 23.1 Å². The summed E-state index contributed by atoms with van der Waals surface area (Å²) >= 11 is 0. The summed E-state index contributed by atoms with van der Waals surface area (Å²) in [5.41, 5.74) is -1.45. The molecule has 0 unspecified atom stereocenters. The van der Waals surface area contributed by atoms with E-state index in [9.17, 15) is 18.0 Å². The molecule has 0 aromatic carbocycles. The molecular weight excluding hydrogens is 261 g/mol. The van der Waals surface area contributed by atoms with E-state index in [4.69, 9.17) is 11.5 Å². The molecule has 0 aliphatic carbocycles. The summed E-state index contributed by atoms with van der Waals surface area (Å²) in [5.74, 6) is 0.717. The van der Waals surface area contributed by atoms with Crippen molar-refractivity contribution in [2.75, 3.05) is 11.9 Å². The van der Waals surface area contributed by atoms with Gasteiger partial charge in [0.25, 0.3) is 0 Å². The number of hydrogen-bond acceptors (Lipinski definition) is 3. The van der Waals surface area contributed by atoms with Crippen molar-refractivity contribution in [3.05, 3.63) is 23.4 Å². The average molecular weight is 272 g/mol. The van der Waals surface area contributed by atoms with Crippen LogP contribution in [0.5, 0.6) is 0 Å². The number of nitrogens with one attached hydrogen (secondary N) is 1. The van der Waals surface area contributed by atoms with Gasteiger partial charge in [-0.2, -0.15) is 13.2 Å². The topological polar surface area (TPSA) is 62.2 Å². The number of aromatic nitrogens is 1. The summed E-state index contributed by atoms with van der Waals surface area (Å²) in [6.45, 7) is 0.249. The lowest BCUT2D eigenvalue weighted by atomic mass is 10.2. The smallest absolute Gasteiger partial charge is 0.433 e. The van der Waals surface area contributed by atoms with Crippen LogP contribution in [0.4, 0.5) is 19.0 Å². The Hall–Kier alpha value is -2.23. The van der Waals surface area contributed by atoms with Crippen LogP contribution in [-0.2, 0) is 6.18 Å². The van der Waals surface area contributed by atoms with Crippen molar-refractivity contribution >= 4 is 11.8 Å². The van der Waals surface area contributed by atoms with Gasteiger partial charge in [-0.15, -0.1) is 12.3 Å². The molecule has 2 N–H and O–H groups in total. The minimum absolute atomic E-state index is 0.249. The van der Waals surface area contributed by atoms with Crippen LogP contribution >= 0.6 is 0 Å². The maximum atomic E-state index is 12.5. The Morgan fingerprint density at radius 1 is 1.47 bits per heavy atom. The Kier molecular flexibility index (Phi) is 4.75. The van der Waals surface area contributed by atoms with Gasteiger partial charge in [-0.25, -0.2) is 9.78 Å². The minimum Gasteiger partial charge on any atom is -0.478 e. The van der Waals surface area contributed by atoms with Gasteiger partial charge < -0.3 is 10.4 Å². The molecule has 0 aliphatic heterocycles. The fourth-order valence-electron chi connectivity index (χ4n) is 1.32. The predicted molar refractivity (Wildman–Crippen MR) is 62.8 cm³/mol. The highest BCUT2D eigenvalue weighted by atomic mass is 19.4. The van der Waals surface area contributed by atoms with Gasteiger partial charge in [0.15, 0.2) is 0 Å². The molecule has 102 valence electrons. The molecule has 1 rings (SSSR count). The molecule has 0 saturated heterocycles. The molecular formula is C12H11F3N2O2. The highest BCUT2D eigenvalue weighted by molar-refractivity contribution is 5.93. The number of aromatic carboxylic acids is 1. The number of unbranched alkanes of at least 4 members (excludes halogenated alkanes) is 1. The molecule has 0 bridgehead atoms. The third-order valence-electron chi connectivity index (χ3n) is 2.21. The van der Waals surface area contributed by atoms with E-state index in [1.165, 1.54) is 0 Å². The van der Waals surface area contributed by atoms with Gasteiger partial charge in [0.1, 0.15) is 17.1 Å². The minimum atomic E-state index is -4.62. The van der Waals surface area contributed by atoms with Gasteiger partial charge >= 0.3 is 12.1 Å². The number of alkyl halides is 3. The number of carboxylic acids is 1. The zero-order valence-corrected chi connectivity index (χ0v) is 9.79. The quantitative estimate of drug-likeness (QED) is 0.639. The molecule has 0 amide bonds. The number of hydrogen-bond donors (Lipinski definition) is 2.